The minimum Gasteiger partial charge on any atom is -0.368 e. The van der Waals surface area contributed by atoms with Crippen LogP contribution in [0.5, 0.6) is 0 Å². The Labute approximate surface area is 134 Å². The Kier molecular flexibility index (Phi) is 4.18. The number of rotatable bonds is 5. The number of hydrogen-bond donors (Lipinski definition) is 2. The molecule has 0 saturated carbocycles. The molecule has 0 saturated heterocycles. The highest BCUT2D eigenvalue weighted by atomic mass is 15.3. The van der Waals surface area contributed by atoms with Gasteiger partial charge in [-0.05, 0) is 38.1 Å². The molecule has 2 heterocycles. The van der Waals surface area contributed by atoms with Gasteiger partial charge in [0.25, 0.3) is 0 Å². The van der Waals surface area contributed by atoms with Gasteiger partial charge in [0.15, 0.2) is 0 Å². The first kappa shape index (κ1) is 15.0. The fraction of sp³-hybridized carbons (Fsp3) is 0.250. The summed E-state index contributed by atoms with van der Waals surface area (Å²) in [7, 11) is 0. The van der Waals surface area contributed by atoms with Gasteiger partial charge in [0.05, 0.1) is 5.52 Å². The zero-order valence-electron chi connectivity index (χ0n) is 13.2. The van der Waals surface area contributed by atoms with Gasteiger partial charge in [-0.1, -0.05) is 6.07 Å². The molecule has 0 spiro atoms. The van der Waals surface area contributed by atoms with Crippen LogP contribution in [0.25, 0.3) is 10.9 Å². The number of aromatic nitrogens is 4. The van der Waals surface area contributed by atoms with E-state index in [0.717, 1.165) is 29.7 Å². The van der Waals surface area contributed by atoms with Crippen LogP contribution in [-0.2, 0) is 0 Å². The van der Waals surface area contributed by atoms with Crippen LogP contribution >= 0.6 is 0 Å². The number of hydrogen-bond acceptors (Lipinski definition) is 7. The van der Waals surface area contributed by atoms with Crippen molar-refractivity contribution in [3.8, 4) is 0 Å². The molecule has 0 bridgehead atoms. The van der Waals surface area contributed by atoms with Crippen molar-refractivity contribution >= 4 is 34.4 Å². The maximum Gasteiger partial charge on any atom is 0.233 e. The summed E-state index contributed by atoms with van der Waals surface area (Å²) in [6.07, 6.45) is 1.78. The quantitative estimate of drug-likeness (QED) is 0.748. The topological polar surface area (TPSA) is 92.9 Å². The normalized spacial score (nSPS) is 10.7. The molecule has 118 valence electrons. The number of anilines is 4. The summed E-state index contributed by atoms with van der Waals surface area (Å²) in [5.74, 6) is 1.21. The maximum absolute atomic E-state index is 5.81. The van der Waals surface area contributed by atoms with E-state index >= 15 is 0 Å². The second kappa shape index (κ2) is 6.43. The van der Waals surface area contributed by atoms with E-state index in [0.29, 0.717) is 11.9 Å². The van der Waals surface area contributed by atoms with Gasteiger partial charge in [-0.2, -0.15) is 15.0 Å². The van der Waals surface area contributed by atoms with Crippen molar-refractivity contribution in [2.24, 2.45) is 0 Å². The fourth-order valence-corrected chi connectivity index (χ4v) is 2.37. The SMILES string of the molecule is CCN(CC)c1nc(N)nc(Nc2ccc3ncccc3c2)n1. The molecule has 2 aromatic heterocycles. The van der Waals surface area contributed by atoms with Crippen molar-refractivity contribution in [1.82, 2.24) is 19.9 Å². The van der Waals surface area contributed by atoms with Crippen LogP contribution in [0.2, 0.25) is 0 Å². The Hall–Kier alpha value is -2.96. The van der Waals surface area contributed by atoms with Gasteiger partial charge in [0.1, 0.15) is 0 Å². The lowest BCUT2D eigenvalue weighted by molar-refractivity contribution is 0.816. The van der Waals surface area contributed by atoms with E-state index in [1.165, 1.54) is 0 Å². The second-order valence-electron chi connectivity index (χ2n) is 5.03. The predicted octanol–water partition coefficient (Wildman–Crippen LogP) is 2.59. The molecule has 3 aromatic rings. The van der Waals surface area contributed by atoms with Crippen molar-refractivity contribution in [2.75, 3.05) is 29.0 Å². The molecule has 7 nitrogen and oxygen atoms in total. The highest BCUT2D eigenvalue weighted by Gasteiger charge is 2.10. The van der Waals surface area contributed by atoms with Crippen LogP contribution in [-0.4, -0.2) is 33.0 Å². The molecule has 1 aromatic carbocycles. The molecule has 7 heteroatoms. The second-order valence-corrected chi connectivity index (χ2v) is 5.03. The van der Waals surface area contributed by atoms with E-state index in [9.17, 15) is 0 Å². The number of fused-ring (bicyclic) bond motifs is 1. The molecular formula is C16H19N7. The zero-order chi connectivity index (χ0) is 16.2. The van der Waals surface area contributed by atoms with Crippen LogP contribution in [0.1, 0.15) is 13.8 Å². The van der Waals surface area contributed by atoms with Gasteiger partial charge in [0.2, 0.25) is 17.8 Å². The van der Waals surface area contributed by atoms with Gasteiger partial charge in [0, 0.05) is 30.4 Å². The van der Waals surface area contributed by atoms with E-state index in [1.807, 2.05) is 49.1 Å². The Morgan fingerprint density at radius 1 is 1.09 bits per heavy atom. The molecule has 0 fully saturated rings. The summed E-state index contributed by atoms with van der Waals surface area (Å²) in [5, 5.41) is 4.23. The monoisotopic (exact) mass is 309 g/mol. The number of nitrogen functional groups attached to an aromatic ring is 1. The van der Waals surface area contributed by atoms with Gasteiger partial charge < -0.3 is 16.0 Å². The molecule has 0 radical (unpaired) electrons. The van der Waals surface area contributed by atoms with E-state index < -0.39 is 0 Å². The lowest BCUT2D eigenvalue weighted by Gasteiger charge is -2.19. The van der Waals surface area contributed by atoms with Crippen molar-refractivity contribution in [3.05, 3.63) is 36.5 Å². The molecule has 0 aliphatic heterocycles. The summed E-state index contributed by atoms with van der Waals surface area (Å²) in [6, 6.07) is 9.81. The van der Waals surface area contributed by atoms with Gasteiger partial charge in [-0.15, -0.1) is 0 Å². The molecule has 0 atom stereocenters. The average Bonchev–Trinajstić information content (AvgIpc) is 2.55. The lowest BCUT2D eigenvalue weighted by atomic mass is 10.2. The summed E-state index contributed by atoms with van der Waals surface area (Å²) < 4.78 is 0. The lowest BCUT2D eigenvalue weighted by Crippen LogP contribution is -2.25. The number of nitrogens with two attached hydrogens (primary N) is 1. The third kappa shape index (κ3) is 3.28. The molecule has 0 unspecified atom stereocenters. The highest BCUT2D eigenvalue weighted by molar-refractivity contribution is 5.82. The number of benzene rings is 1. The minimum absolute atomic E-state index is 0.201. The predicted molar refractivity (Wildman–Crippen MR) is 92.8 cm³/mol. The van der Waals surface area contributed by atoms with Gasteiger partial charge in [-0.25, -0.2) is 0 Å². The first-order valence-electron chi connectivity index (χ1n) is 7.58. The third-order valence-corrected chi connectivity index (χ3v) is 3.55. The number of pyridine rings is 1. The van der Waals surface area contributed by atoms with Crippen LogP contribution in [0, 0.1) is 0 Å². The molecule has 0 amide bonds. The van der Waals surface area contributed by atoms with Crippen LogP contribution in [0.4, 0.5) is 23.5 Å². The van der Waals surface area contributed by atoms with E-state index in [1.54, 1.807) is 6.20 Å². The highest BCUT2D eigenvalue weighted by Crippen LogP contribution is 2.20. The van der Waals surface area contributed by atoms with Gasteiger partial charge in [-0.3, -0.25) is 4.98 Å². The molecule has 3 rings (SSSR count). The number of nitrogens with zero attached hydrogens (tertiary/aromatic N) is 5. The van der Waals surface area contributed by atoms with E-state index in [4.69, 9.17) is 5.73 Å². The fourth-order valence-electron chi connectivity index (χ4n) is 2.37. The van der Waals surface area contributed by atoms with Crippen LogP contribution in [0.15, 0.2) is 36.5 Å². The van der Waals surface area contributed by atoms with Crippen molar-refractivity contribution in [1.29, 1.82) is 0 Å². The third-order valence-electron chi connectivity index (χ3n) is 3.55. The molecule has 3 N–H and O–H groups in total. The molecular weight excluding hydrogens is 290 g/mol. The first-order valence-corrected chi connectivity index (χ1v) is 7.58. The maximum atomic E-state index is 5.81. The smallest absolute Gasteiger partial charge is 0.233 e. The van der Waals surface area contributed by atoms with Crippen molar-refractivity contribution in [3.63, 3.8) is 0 Å². The van der Waals surface area contributed by atoms with Gasteiger partial charge >= 0.3 is 0 Å². The minimum atomic E-state index is 0.201. The van der Waals surface area contributed by atoms with Crippen LogP contribution in [0.3, 0.4) is 0 Å². The van der Waals surface area contributed by atoms with E-state index in [2.05, 4.69) is 25.3 Å². The Morgan fingerprint density at radius 2 is 1.91 bits per heavy atom. The number of nitrogens with one attached hydrogen (secondary N) is 1. The standard InChI is InChI=1S/C16H19N7/c1-3-23(4-2)16-21-14(17)20-15(22-16)19-12-7-8-13-11(10-12)6-5-9-18-13/h5-10H,3-4H2,1-2H3,(H3,17,19,20,21,22). The zero-order valence-corrected chi connectivity index (χ0v) is 13.2. The molecule has 23 heavy (non-hydrogen) atoms. The first-order chi connectivity index (χ1) is 11.2. The van der Waals surface area contributed by atoms with Crippen molar-refractivity contribution < 1.29 is 0 Å². The van der Waals surface area contributed by atoms with Crippen LogP contribution < -0.4 is 16.0 Å². The van der Waals surface area contributed by atoms with E-state index in [-0.39, 0.29) is 5.95 Å². The summed E-state index contributed by atoms with van der Waals surface area (Å²) in [4.78, 5) is 19.1. The summed E-state index contributed by atoms with van der Waals surface area (Å²) in [6.45, 7) is 5.71. The Morgan fingerprint density at radius 3 is 2.70 bits per heavy atom. The Balaban J connectivity index is 1.91. The largest absolute Gasteiger partial charge is 0.368 e. The summed E-state index contributed by atoms with van der Waals surface area (Å²) >= 11 is 0. The average molecular weight is 309 g/mol. The van der Waals surface area contributed by atoms with Crippen molar-refractivity contribution in [2.45, 2.75) is 13.8 Å². The molecule has 0 aliphatic carbocycles. The Bertz CT molecular complexity index is 814. The summed E-state index contributed by atoms with van der Waals surface area (Å²) in [5.41, 5.74) is 7.63. The molecule has 0 aliphatic rings.